The van der Waals surface area contributed by atoms with Crippen molar-refractivity contribution in [3.63, 3.8) is 0 Å². The van der Waals surface area contributed by atoms with Crippen molar-refractivity contribution >= 4 is 23.6 Å². The van der Waals surface area contributed by atoms with Gasteiger partial charge in [0.25, 0.3) is 0 Å². The van der Waals surface area contributed by atoms with Gasteiger partial charge in [-0.3, -0.25) is 4.79 Å². The molecule has 160 valence electrons. The second-order valence-electron chi connectivity index (χ2n) is 10.5. The number of fused-ring (bicyclic) bond motifs is 1. The van der Waals surface area contributed by atoms with Crippen LogP contribution in [0.4, 0.5) is 0 Å². The number of halogens is 1. The van der Waals surface area contributed by atoms with Crippen molar-refractivity contribution < 1.29 is 9.90 Å². The van der Waals surface area contributed by atoms with Crippen LogP contribution in [0.5, 0.6) is 0 Å². The molecule has 3 heteroatoms. The van der Waals surface area contributed by atoms with E-state index >= 15 is 0 Å². The number of carboxylic acids is 1. The third-order valence-corrected chi connectivity index (χ3v) is 8.19. The van der Waals surface area contributed by atoms with Crippen LogP contribution in [0.2, 0.25) is 5.02 Å². The topological polar surface area (TPSA) is 37.3 Å². The van der Waals surface area contributed by atoms with Crippen molar-refractivity contribution in [1.82, 2.24) is 0 Å². The molecule has 0 radical (unpaired) electrons. The van der Waals surface area contributed by atoms with Gasteiger partial charge >= 0.3 is 5.97 Å². The number of carboxylic acid groups (broad SMARTS) is 1. The molecule has 2 nitrogen and oxygen atoms in total. The van der Waals surface area contributed by atoms with Crippen LogP contribution in [0.15, 0.2) is 29.8 Å². The van der Waals surface area contributed by atoms with Crippen LogP contribution in [0.3, 0.4) is 0 Å². The zero-order chi connectivity index (χ0) is 21.2. The first-order chi connectivity index (χ1) is 13.6. The van der Waals surface area contributed by atoms with E-state index in [0.717, 1.165) is 30.2 Å². The van der Waals surface area contributed by atoms with Crippen molar-refractivity contribution in [2.24, 2.45) is 28.6 Å². The standard InChI is InChI=1S/C26H37ClO2/c1-18(16-24(28)29)6-12-22-20(17-19-7-10-21(27)11-8-19)9-13-23-25(2,3)14-5-15-26(22,23)4/h7-8,10-11,17-18,22-23H,5-6,9,12-16H2,1-4H3,(H,28,29)/b20-17+/t18?,22-,23-,26+/m0/s1. The van der Waals surface area contributed by atoms with E-state index < -0.39 is 5.97 Å². The second-order valence-corrected chi connectivity index (χ2v) is 11.0. The first-order valence-electron chi connectivity index (χ1n) is 11.3. The van der Waals surface area contributed by atoms with Gasteiger partial charge in [0.15, 0.2) is 0 Å². The number of carbonyl (C=O) groups is 1. The van der Waals surface area contributed by atoms with Crippen molar-refractivity contribution in [3.05, 3.63) is 40.4 Å². The minimum atomic E-state index is -0.680. The lowest BCUT2D eigenvalue weighted by atomic mass is 9.47. The van der Waals surface area contributed by atoms with Gasteiger partial charge in [-0.05, 0) is 84.8 Å². The largest absolute Gasteiger partial charge is 0.481 e. The maximum atomic E-state index is 11.1. The van der Waals surface area contributed by atoms with Gasteiger partial charge in [0.1, 0.15) is 0 Å². The van der Waals surface area contributed by atoms with Crippen molar-refractivity contribution in [2.45, 2.75) is 79.1 Å². The van der Waals surface area contributed by atoms with E-state index in [1.165, 1.54) is 31.2 Å². The Kier molecular flexibility index (Phi) is 6.83. The summed E-state index contributed by atoms with van der Waals surface area (Å²) in [4.78, 5) is 11.1. The molecule has 0 heterocycles. The lowest BCUT2D eigenvalue weighted by molar-refractivity contribution is -0.138. The van der Waals surface area contributed by atoms with Crippen LogP contribution in [0.25, 0.3) is 6.08 Å². The third-order valence-electron chi connectivity index (χ3n) is 7.93. The average molecular weight is 417 g/mol. The molecule has 0 bridgehead atoms. The van der Waals surface area contributed by atoms with Gasteiger partial charge < -0.3 is 5.11 Å². The van der Waals surface area contributed by atoms with E-state index in [-0.39, 0.29) is 12.3 Å². The average Bonchev–Trinajstić information content (AvgIpc) is 2.61. The maximum Gasteiger partial charge on any atom is 0.303 e. The summed E-state index contributed by atoms with van der Waals surface area (Å²) in [5.74, 6) is 0.824. The van der Waals surface area contributed by atoms with Crippen LogP contribution in [-0.2, 0) is 4.79 Å². The van der Waals surface area contributed by atoms with Gasteiger partial charge in [-0.15, -0.1) is 0 Å². The smallest absolute Gasteiger partial charge is 0.303 e. The third kappa shape index (κ3) is 5.08. The minimum Gasteiger partial charge on any atom is -0.481 e. The molecule has 3 rings (SSSR count). The molecule has 0 spiro atoms. The van der Waals surface area contributed by atoms with Crippen molar-refractivity contribution in [2.75, 3.05) is 0 Å². The molecule has 2 fully saturated rings. The summed E-state index contributed by atoms with van der Waals surface area (Å²) in [5.41, 5.74) is 3.49. The Morgan fingerprint density at radius 1 is 1.24 bits per heavy atom. The highest BCUT2D eigenvalue weighted by Crippen LogP contribution is 2.62. The van der Waals surface area contributed by atoms with Crippen LogP contribution in [0, 0.1) is 28.6 Å². The van der Waals surface area contributed by atoms with Gasteiger partial charge in [0.05, 0.1) is 0 Å². The van der Waals surface area contributed by atoms with Gasteiger partial charge in [0.2, 0.25) is 0 Å². The lowest BCUT2D eigenvalue weighted by Crippen LogP contribution is -2.49. The summed E-state index contributed by atoms with van der Waals surface area (Å²) in [6.45, 7) is 9.55. The molecule has 0 aliphatic heterocycles. The summed E-state index contributed by atoms with van der Waals surface area (Å²) in [5, 5.41) is 9.95. The molecule has 29 heavy (non-hydrogen) atoms. The summed E-state index contributed by atoms with van der Waals surface area (Å²) in [6, 6.07) is 8.15. The minimum absolute atomic E-state index is 0.227. The Morgan fingerprint density at radius 2 is 1.93 bits per heavy atom. The van der Waals surface area contributed by atoms with Crippen LogP contribution < -0.4 is 0 Å². The fourth-order valence-corrected chi connectivity index (χ4v) is 6.65. The number of allylic oxidation sites excluding steroid dienone is 1. The van der Waals surface area contributed by atoms with Crippen molar-refractivity contribution in [1.29, 1.82) is 0 Å². The highest BCUT2D eigenvalue weighted by molar-refractivity contribution is 6.30. The molecule has 1 N–H and O–H groups in total. The number of aliphatic carboxylic acids is 1. The van der Waals surface area contributed by atoms with Crippen molar-refractivity contribution in [3.8, 4) is 0 Å². The molecule has 1 unspecified atom stereocenters. The predicted octanol–water partition coefficient (Wildman–Crippen LogP) is 7.86. The highest BCUT2D eigenvalue weighted by atomic mass is 35.5. The fraction of sp³-hybridized carbons (Fsp3) is 0.654. The molecular weight excluding hydrogens is 380 g/mol. The molecule has 2 aliphatic rings. The van der Waals surface area contributed by atoms with Crippen LogP contribution in [0.1, 0.15) is 84.6 Å². The molecule has 2 saturated carbocycles. The second kappa shape index (κ2) is 8.84. The number of hydrogen-bond acceptors (Lipinski definition) is 1. The Bertz CT molecular complexity index is 748. The molecule has 2 aliphatic carbocycles. The lowest BCUT2D eigenvalue weighted by Gasteiger charge is -2.58. The van der Waals surface area contributed by atoms with Gasteiger partial charge in [-0.2, -0.15) is 0 Å². The van der Waals surface area contributed by atoms with Gasteiger partial charge in [-0.1, -0.05) is 69.5 Å². The summed E-state index contributed by atoms with van der Waals surface area (Å²) in [7, 11) is 0. The van der Waals surface area contributed by atoms with E-state index in [1.54, 1.807) is 5.57 Å². The Balaban J connectivity index is 1.90. The molecular formula is C26H37ClO2. The molecule has 0 saturated heterocycles. The van der Waals surface area contributed by atoms with E-state index in [2.05, 4.69) is 45.9 Å². The summed E-state index contributed by atoms with van der Waals surface area (Å²) >= 11 is 6.09. The Labute approximate surface area is 181 Å². The molecule has 0 amide bonds. The maximum absolute atomic E-state index is 11.1. The van der Waals surface area contributed by atoms with Crippen LogP contribution in [-0.4, -0.2) is 11.1 Å². The summed E-state index contributed by atoms with van der Waals surface area (Å²) in [6.07, 6.45) is 11.1. The summed E-state index contributed by atoms with van der Waals surface area (Å²) < 4.78 is 0. The van der Waals surface area contributed by atoms with E-state index in [4.69, 9.17) is 11.6 Å². The fourth-order valence-electron chi connectivity index (χ4n) is 6.52. The predicted molar refractivity (Wildman–Crippen MR) is 122 cm³/mol. The number of benzene rings is 1. The number of hydrogen-bond donors (Lipinski definition) is 1. The normalized spacial score (nSPS) is 31.3. The van der Waals surface area contributed by atoms with Crippen LogP contribution >= 0.6 is 11.6 Å². The monoisotopic (exact) mass is 416 g/mol. The molecule has 0 aromatic heterocycles. The number of rotatable bonds is 6. The van der Waals surface area contributed by atoms with E-state index in [1.807, 2.05) is 12.1 Å². The molecule has 1 aromatic rings. The Hall–Kier alpha value is -1.28. The first kappa shape index (κ1) is 22.4. The SMILES string of the molecule is CC(CC[C@H]1/C(=C/c2ccc(Cl)cc2)CC[C@H]2C(C)(C)CCC[C@]12C)CC(=O)O. The molecule has 1 aromatic carbocycles. The van der Waals surface area contributed by atoms with E-state index in [0.29, 0.717) is 16.7 Å². The van der Waals surface area contributed by atoms with Gasteiger partial charge in [-0.25, -0.2) is 0 Å². The Morgan fingerprint density at radius 3 is 2.59 bits per heavy atom. The zero-order valence-corrected chi connectivity index (χ0v) is 19.3. The van der Waals surface area contributed by atoms with Gasteiger partial charge in [0, 0.05) is 11.4 Å². The molecule has 4 atom stereocenters. The first-order valence-corrected chi connectivity index (χ1v) is 11.7. The van der Waals surface area contributed by atoms with E-state index in [9.17, 15) is 9.90 Å². The highest BCUT2D eigenvalue weighted by Gasteiger charge is 2.52. The quantitative estimate of drug-likeness (QED) is 0.512. The zero-order valence-electron chi connectivity index (χ0n) is 18.5.